The minimum absolute atomic E-state index is 0.0541. The number of anilines is 1. The third-order valence-electron chi connectivity index (χ3n) is 4.08. The summed E-state index contributed by atoms with van der Waals surface area (Å²) in [5, 5.41) is 3.50. The Morgan fingerprint density at radius 2 is 1.42 bits per heavy atom. The lowest BCUT2D eigenvalue weighted by Crippen LogP contribution is -2.15. The molecule has 3 aromatic carbocycles. The van der Waals surface area contributed by atoms with E-state index in [1.54, 1.807) is 0 Å². The number of hydrogen-bond acceptors (Lipinski definition) is 2. The van der Waals surface area contributed by atoms with Gasteiger partial charge in [-0.1, -0.05) is 78.4 Å². The number of carbonyl (C=O) groups is 1. The largest absolute Gasteiger partial charge is 0.378 e. The molecule has 0 radical (unpaired) electrons. The van der Waals surface area contributed by atoms with E-state index >= 15 is 0 Å². The Labute approximate surface area is 143 Å². The van der Waals surface area contributed by atoms with Gasteiger partial charge in [-0.05, 0) is 24.6 Å². The normalized spacial score (nSPS) is 11.7. The van der Waals surface area contributed by atoms with Gasteiger partial charge in [-0.15, -0.1) is 0 Å². The highest BCUT2D eigenvalue weighted by Gasteiger charge is 2.17. The zero-order valence-electron chi connectivity index (χ0n) is 13.8. The van der Waals surface area contributed by atoms with Crippen molar-refractivity contribution in [1.82, 2.24) is 0 Å². The molecule has 0 aliphatic carbocycles. The van der Waals surface area contributed by atoms with Crippen molar-refractivity contribution in [2.75, 3.05) is 5.32 Å². The first-order valence-electron chi connectivity index (χ1n) is 8.19. The van der Waals surface area contributed by atoms with Crippen LogP contribution in [0.2, 0.25) is 0 Å². The van der Waals surface area contributed by atoms with Gasteiger partial charge in [0.15, 0.2) is 5.78 Å². The predicted molar refractivity (Wildman–Crippen MR) is 99.4 cm³/mol. The molecule has 2 heteroatoms. The van der Waals surface area contributed by atoms with Crippen molar-refractivity contribution in [2.24, 2.45) is 0 Å². The van der Waals surface area contributed by atoms with E-state index in [4.69, 9.17) is 0 Å². The summed E-state index contributed by atoms with van der Waals surface area (Å²) < 4.78 is 0. The van der Waals surface area contributed by atoms with E-state index in [-0.39, 0.29) is 11.8 Å². The lowest BCUT2D eigenvalue weighted by molar-refractivity contribution is 0.0976. The third kappa shape index (κ3) is 4.11. The molecule has 0 saturated heterocycles. The Kier molecular flexibility index (Phi) is 5.07. The van der Waals surface area contributed by atoms with Crippen molar-refractivity contribution in [2.45, 2.75) is 19.4 Å². The SMILES string of the molecule is Cc1ccc(N[C@@H](CC(=O)c2ccccc2)c2ccccc2)cc1. The average Bonchev–Trinajstić information content (AvgIpc) is 2.64. The van der Waals surface area contributed by atoms with Crippen molar-refractivity contribution >= 4 is 11.5 Å². The molecule has 0 bridgehead atoms. The highest BCUT2D eigenvalue weighted by molar-refractivity contribution is 5.96. The highest BCUT2D eigenvalue weighted by atomic mass is 16.1. The molecule has 1 atom stereocenters. The molecule has 0 spiro atoms. The van der Waals surface area contributed by atoms with Crippen molar-refractivity contribution in [1.29, 1.82) is 0 Å². The lowest BCUT2D eigenvalue weighted by atomic mass is 9.97. The second-order valence-electron chi connectivity index (χ2n) is 5.97. The summed E-state index contributed by atoms with van der Waals surface area (Å²) in [4.78, 5) is 12.6. The molecule has 120 valence electrons. The van der Waals surface area contributed by atoms with Gasteiger partial charge in [-0.3, -0.25) is 4.79 Å². The number of aryl methyl sites for hydroxylation is 1. The zero-order valence-corrected chi connectivity index (χ0v) is 13.8. The summed E-state index contributed by atoms with van der Waals surface area (Å²) >= 11 is 0. The molecule has 0 amide bonds. The van der Waals surface area contributed by atoms with Crippen LogP contribution in [0.15, 0.2) is 84.9 Å². The van der Waals surface area contributed by atoms with E-state index in [1.165, 1.54) is 5.56 Å². The van der Waals surface area contributed by atoms with Crippen LogP contribution in [0, 0.1) is 6.92 Å². The van der Waals surface area contributed by atoms with Gasteiger partial charge in [-0.2, -0.15) is 0 Å². The fourth-order valence-corrected chi connectivity index (χ4v) is 2.72. The van der Waals surface area contributed by atoms with Crippen LogP contribution in [0.1, 0.15) is 33.9 Å². The van der Waals surface area contributed by atoms with Crippen LogP contribution in [0.25, 0.3) is 0 Å². The highest BCUT2D eigenvalue weighted by Crippen LogP contribution is 2.24. The Balaban J connectivity index is 1.82. The Hall–Kier alpha value is -2.87. The van der Waals surface area contributed by atoms with Crippen LogP contribution in [0.3, 0.4) is 0 Å². The molecular weight excluding hydrogens is 294 g/mol. The van der Waals surface area contributed by atoms with E-state index < -0.39 is 0 Å². The van der Waals surface area contributed by atoms with Crippen molar-refractivity contribution < 1.29 is 4.79 Å². The smallest absolute Gasteiger partial charge is 0.165 e. The zero-order chi connectivity index (χ0) is 16.8. The van der Waals surface area contributed by atoms with E-state index in [0.29, 0.717) is 6.42 Å². The fourth-order valence-electron chi connectivity index (χ4n) is 2.72. The Morgan fingerprint density at radius 1 is 0.833 bits per heavy atom. The van der Waals surface area contributed by atoms with Gasteiger partial charge in [-0.25, -0.2) is 0 Å². The quantitative estimate of drug-likeness (QED) is 0.615. The Bertz CT molecular complexity index is 779. The monoisotopic (exact) mass is 315 g/mol. The molecule has 0 unspecified atom stereocenters. The summed E-state index contributed by atoms with van der Waals surface area (Å²) in [6.07, 6.45) is 0.419. The third-order valence-corrected chi connectivity index (χ3v) is 4.08. The number of nitrogens with one attached hydrogen (secondary N) is 1. The van der Waals surface area contributed by atoms with E-state index in [2.05, 4.69) is 48.6 Å². The summed E-state index contributed by atoms with van der Waals surface area (Å²) in [5.41, 5.74) is 4.11. The topological polar surface area (TPSA) is 29.1 Å². The predicted octanol–water partition coefficient (Wildman–Crippen LogP) is 5.42. The van der Waals surface area contributed by atoms with Crippen LogP contribution in [0.5, 0.6) is 0 Å². The van der Waals surface area contributed by atoms with Crippen molar-refractivity contribution in [3.8, 4) is 0 Å². The molecule has 2 nitrogen and oxygen atoms in total. The maximum Gasteiger partial charge on any atom is 0.165 e. The first kappa shape index (κ1) is 16.0. The first-order valence-corrected chi connectivity index (χ1v) is 8.19. The molecular formula is C22H21NO. The second-order valence-corrected chi connectivity index (χ2v) is 5.97. The minimum Gasteiger partial charge on any atom is -0.378 e. The fraction of sp³-hybridized carbons (Fsp3) is 0.136. The maximum atomic E-state index is 12.6. The van der Waals surface area contributed by atoms with Gasteiger partial charge < -0.3 is 5.32 Å². The van der Waals surface area contributed by atoms with Gasteiger partial charge in [0, 0.05) is 17.7 Å². The number of Topliss-reactive ketones (excluding diaryl/α,β-unsaturated/α-hetero) is 1. The minimum atomic E-state index is -0.0541. The summed E-state index contributed by atoms with van der Waals surface area (Å²) in [5.74, 6) is 0.143. The van der Waals surface area contributed by atoms with Crippen LogP contribution >= 0.6 is 0 Å². The molecule has 0 aliphatic heterocycles. The molecule has 24 heavy (non-hydrogen) atoms. The van der Waals surface area contributed by atoms with Crippen LogP contribution in [-0.2, 0) is 0 Å². The average molecular weight is 315 g/mol. The first-order chi connectivity index (χ1) is 11.7. The van der Waals surface area contributed by atoms with Gasteiger partial charge in [0.2, 0.25) is 0 Å². The summed E-state index contributed by atoms with van der Waals surface area (Å²) in [7, 11) is 0. The number of rotatable bonds is 6. The summed E-state index contributed by atoms with van der Waals surface area (Å²) in [6.45, 7) is 2.07. The molecule has 0 fully saturated rings. The number of ketones is 1. The molecule has 3 rings (SSSR count). The molecule has 0 heterocycles. The van der Waals surface area contributed by atoms with Crippen molar-refractivity contribution in [3.05, 3.63) is 102 Å². The van der Waals surface area contributed by atoms with Gasteiger partial charge in [0.25, 0.3) is 0 Å². The van der Waals surface area contributed by atoms with Crippen LogP contribution in [-0.4, -0.2) is 5.78 Å². The van der Waals surface area contributed by atoms with Gasteiger partial charge in [0.05, 0.1) is 6.04 Å². The van der Waals surface area contributed by atoms with Crippen LogP contribution in [0.4, 0.5) is 5.69 Å². The molecule has 1 N–H and O–H groups in total. The number of benzene rings is 3. The van der Waals surface area contributed by atoms with E-state index in [1.807, 2.05) is 48.5 Å². The molecule has 0 aromatic heterocycles. The Morgan fingerprint density at radius 3 is 2.04 bits per heavy atom. The van der Waals surface area contributed by atoms with E-state index in [0.717, 1.165) is 16.8 Å². The number of hydrogen-bond donors (Lipinski definition) is 1. The number of carbonyl (C=O) groups excluding carboxylic acids is 1. The maximum absolute atomic E-state index is 12.6. The van der Waals surface area contributed by atoms with Crippen molar-refractivity contribution in [3.63, 3.8) is 0 Å². The van der Waals surface area contributed by atoms with E-state index in [9.17, 15) is 4.79 Å². The second kappa shape index (κ2) is 7.60. The lowest BCUT2D eigenvalue weighted by Gasteiger charge is -2.20. The molecule has 0 saturated carbocycles. The standard InChI is InChI=1S/C22H21NO/c1-17-12-14-20(15-13-17)23-21(18-8-4-2-5-9-18)16-22(24)19-10-6-3-7-11-19/h2-15,21,23H,16H2,1H3/t21-/m0/s1. The molecule has 0 aliphatic rings. The van der Waals surface area contributed by atoms with Gasteiger partial charge in [0.1, 0.15) is 0 Å². The van der Waals surface area contributed by atoms with Gasteiger partial charge >= 0.3 is 0 Å². The summed E-state index contributed by atoms with van der Waals surface area (Å²) in [6, 6.07) is 27.8. The molecule has 3 aromatic rings. The van der Waals surface area contributed by atoms with Crippen LogP contribution < -0.4 is 5.32 Å².